The van der Waals surface area contributed by atoms with E-state index in [0.717, 1.165) is 23.3 Å². The van der Waals surface area contributed by atoms with Gasteiger partial charge in [-0.25, -0.2) is 4.98 Å². The van der Waals surface area contributed by atoms with E-state index in [2.05, 4.69) is 18.8 Å². The van der Waals surface area contributed by atoms with E-state index in [9.17, 15) is 19.5 Å². The predicted octanol–water partition coefficient (Wildman–Crippen LogP) is 6.26. The molecule has 0 saturated carbocycles. The molecule has 3 aromatic rings. The molecule has 0 radical (unpaired) electrons. The largest absolute Gasteiger partial charge is 0.503 e. The average molecular weight is 531 g/mol. The molecule has 1 N–H and O–H groups in total. The minimum atomic E-state index is -0.950. The van der Waals surface area contributed by atoms with Crippen molar-refractivity contribution >= 4 is 40.0 Å². The van der Waals surface area contributed by atoms with Crippen LogP contribution in [0.15, 0.2) is 72.0 Å². The molecule has 1 unspecified atom stereocenters. The molecular formula is C30H30N2O5S. The summed E-state index contributed by atoms with van der Waals surface area (Å²) in [6.07, 6.45) is 3.86. The van der Waals surface area contributed by atoms with E-state index in [1.807, 2.05) is 36.4 Å². The van der Waals surface area contributed by atoms with Crippen LogP contribution >= 0.6 is 11.3 Å². The fourth-order valence-electron chi connectivity index (χ4n) is 4.19. The lowest BCUT2D eigenvalue weighted by Gasteiger charge is -2.24. The molecule has 0 bridgehead atoms. The number of ether oxygens (including phenoxy) is 1. The Morgan fingerprint density at radius 2 is 1.89 bits per heavy atom. The maximum atomic E-state index is 13.5. The highest BCUT2D eigenvalue weighted by atomic mass is 32.1. The van der Waals surface area contributed by atoms with Gasteiger partial charge in [-0.2, -0.15) is 0 Å². The van der Waals surface area contributed by atoms with Gasteiger partial charge in [0.1, 0.15) is 5.75 Å². The lowest BCUT2D eigenvalue weighted by molar-refractivity contribution is -0.117. The normalized spacial score (nSPS) is 15.7. The monoisotopic (exact) mass is 530 g/mol. The molecule has 1 atom stereocenters. The van der Waals surface area contributed by atoms with Gasteiger partial charge in [0.25, 0.3) is 5.91 Å². The summed E-state index contributed by atoms with van der Waals surface area (Å²) in [5.41, 5.74) is 1.82. The van der Waals surface area contributed by atoms with Crippen LogP contribution in [-0.4, -0.2) is 34.2 Å². The Morgan fingerprint density at radius 1 is 1.16 bits per heavy atom. The van der Waals surface area contributed by atoms with Gasteiger partial charge < -0.3 is 9.84 Å². The maximum absolute atomic E-state index is 13.5. The number of carbonyl (C=O) groups excluding carboxylic acids is 3. The van der Waals surface area contributed by atoms with E-state index in [-0.39, 0.29) is 16.5 Å². The molecule has 0 fully saturated rings. The zero-order chi connectivity index (χ0) is 27.4. The first-order valence-electron chi connectivity index (χ1n) is 12.4. The van der Waals surface area contributed by atoms with Crippen LogP contribution in [0.5, 0.6) is 5.75 Å². The number of aliphatic hydroxyl groups excluding tert-OH is 1. The number of benzene rings is 2. The Bertz CT molecular complexity index is 1420. The third-order valence-corrected chi connectivity index (χ3v) is 7.41. The molecule has 0 saturated heterocycles. The van der Waals surface area contributed by atoms with Crippen molar-refractivity contribution in [3.8, 4) is 5.75 Å². The Kier molecular flexibility index (Phi) is 8.22. The smallest absolute Gasteiger partial charge is 0.296 e. The quantitative estimate of drug-likeness (QED) is 0.245. The Balaban J connectivity index is 1.77. The number of aliphatic hydroxyl groups is 1. The number of aromatic nitrogens is 1. The summed E-state index contributed by atoms with van der Waals surface area (Å²) in [6, 6.07) is 15.5. The van der Waals surface area contributed by atoms with Gasteiger partial charge in [-0.1, -0.05) is 73.7 Å². The van der Waals surface area contributed by atoms with Crippen LogP contribution in [-0.2, 0) is 9.59 Å². The van der Waals surface area contributed by atoms with Crippen LogP contribution in [0.4, 0.5) is 5.13 Å². The first-order valence-corrected chi connectivity index (χ1v) is 13.2. The zero-order valence-corrected chi connectivity index (χ0v) is 22.6. The first kappa shape index (κ1) is 27.0. The number of carbonyl (C=O) groups is 3. The molecule has 1 amide bonds. The summed E-state index contributed by atoms with van der Waals surface area (Å²) in [5, 5.41) is 11.2. The SMILES string of the molecule is CC(=O)c1sc(N2C(=O)C(O)=C(C(=O)C=Cc3ccccc3)C2c2cccc(OCCC(C)C)c2)nc1C. The Morgan fingerprint density at radius 3 is 2.55 bits per heavy atom. The van der Waals surface area contributed by atoms with Crippen molar-refractivity contribution in [1.29, 1.82) is 0 Å². The first-order chi connectivity index (χ1) is 18.2. The minimum absolute atomic E-state index is 0.0567. The number of thiazole rings is 1. The van der Waals surface area contributed by atoms with E-state index in [0.29, 0.717) is 34.4 Å². The minimum Gasteiger partial charge on any atom is -0.503 e. The summed E-state index contributed by atoms with van der Waals surface area (Å²) < 4.78 is 5.93. The van der Waals surface area contributed by atoms with E-state index in [4.69, 9.17) is 4.74 Å². The van der Waals surface area contributed by atoms with E-state index >= 15 is 0 Å². The van der Waals surface area contributed by atoms with Gasteiger partial charge >= 0.3 is 0 Å². The molecule has 1 aromatic heterocycles. The van der Waals surface area contributed by atoms with Crippen molar-refractivity contribution in [1.82, 2.24) is 4.98 Å². The third kappa shape index (κ3) is 5.75. The molecule has 0 spiro atoms. The second-order valence-corrected chi connectivity index (χ2v) is 10.5. The molecule has 1 aliphatic rings. The molecule has 8 heteroatoms. The van der Waals surface area contributed by atoms with E-state index in [1.165, 1.54) is 17.9 Å². The number of amides is 1. The van der Waals surface area contributed by atoms with Crippen LogP contribution in [0.25, 0.3) is 6.08 Å². The molecule has 2 aromatic carbocycles. The molecule has 38 heavy (non-hydrogen) atoms. The van der Waals surface area contributed by atoms with Crippen LogP contribution in [0.3, 0.4) is 0 Å². The van der Waals surface area contributed by atoms with Crippen LogP contribution in [0.1, 0.15) is 59.7 Å². The van der Waals surface area contributed by atoms with Gasteiger partial charge in [0.2, 0.25) is 0 Å². The lowest BCUT2D eigenvalue weighted by Crippen LogP contribution is -2.30. The highest BCUT2D eigenvalue weighted by molar-refractivity contribution is 7.17. The fraction of sp³-hybridized carbons (Fsp3) is 0.267. The second kappa shape index (κ2) is 11.6. The standard InChI is InChI=1S/C30H30N2O5S/c1-18(2)15-16-37-23-12-8-11-22(17-23)26-25(24(34)14-13-21-9-6-5-7-10-21)27(35)29(36)32(26)30-31-19(3)28(38-30)20(4)33/h5-14,17-18,26,35H,15-16H2,1-4H3. The van der Waals surface area contributed by atoms with Crippen molar-refractivity contribution in [3.05, 3.63) is 93.7 Å². The number of ketones is 2. The van der Waals surface area contributed by atoms with Crippen molar-refractivity contribution in [3.63, 3.8) is 0 Å². The molecule has 2 heterocycles. The molecule has 1 aliphatic heterocycles. The van der Waals surface area contributed by atoms with E-state index < -0.39 is 23.5 Å². The highest BCUT2D eigenvalue weighted by Gasteiger charge is 2.45. The Hall–Kier alpha value is -4.04. The van der Waals surface area contributed by atoms with Gasteiger partial charge in [0, 0.05) is 6.92 Å². The van der Waals surface area contributed by atoms with Crippen molar-refractivity contribution in [2.24, 2.45) is 5.92 Å². The van der Waals surface area contributed by atoms with Gasteiger partial charge in [-0.15, -0.1) is 0 Å². The summed E-state index contributed by atoms with van der Waals surface area (Å²) in [4.78, 5) is 45.1. The summed E-state index contributed by atoms with van der Waals surface area (Å²) in [7, 11) is 0. The van der Waals surface area contributed by atoms with Gasteiger partial charge in [0.05, 0.1) is 28.8 Å². The highest BCUT2D eigenvalue weighted by Crippen LogP contribution is 2.43. The molecule has 196 valence electrons. The van der Waals surface area contributed by atoms with Crippen molar-refractivity contribution in [2.45, 2.75) is 40.2 Å². The maximum Gasteiger partial charge on any atom is 0.296 e. The summed E-state index contributed by atoms with van der Waals surface area (Å²) in [6.45, 7) is 7.87. The number of Topliss-reactive ketones (excluding diaryl/α,β-unsaturated/α-hetero) is 1. The fourth-order valence-corrected chi connectivity index (χ4v) is 5.18. The number of rotatable bonds is 10. The van der Waals surface area contributed by atoms with Crippen LogP contribution < -0.4 is 9.64 Å². The third-order valence-electron chi connectivity index (χ3n) is 6.15. The van der Waals surface area contributed by atoms with Gasteiger partial charge in [-0.3, -0.25) is 19.3 Å². The number of nitrogens with zero attached hydrogens (tertiary/aromatic N) is 2. The van der Waals surface area contributed by atoms with Gasteiger partial charge in [-0.05, 0) is 48.6 Å². The number of hydrogen-bond donors (Lipinski definition) is 1. The number of anilines is 1. The van der Waals surface area contributed by atoms with Crippen LogP contribution in [0.2, 0.25) is 0 Å². The molecule has 7 nitrogen and oxygen atoms in total. The van der Waals surface area contributed by atoms with Crippen molar-refractivity contribution < 1.29 is 24.2 Å². The molecule has 0 aliphatic carbocycles. The number of hydrogen-bond acceptors (Lipinski definition) is 7. The van der Waals surface area contributed by atoms with Crippen molar-refractivity contribution in [2.75, 3.05) is 11.5 Å². The molecular weight excluding hydrogens is 500 g/mol. The van der Waals surface area contributed by atoms with E-state index in [1.54, 1.807) is 31.2 Å². The lowest BCUT2D eigenvalue weighted by atomic mass is 9.95. The Labute approximate surface area is 226 Å². The summed E-state index contributed by atoms with van der Waals surface area (Å²) >= 11 is 1.06. The number of allylic oxidation sites excluding steroid dienone is 1. The zero-order valence-electron chi connectivity index (χ0n) is 21.8. The average Bonchev–Trinajstić information content (AvgIpc) is 3.40. The number of aryl methyl sites for hydroxylation is 1. The topological polar surface area (TPSA) is 96.8 Å². The molecule has 4 rings (SSSR count). The predicted molar refractivity (Wildman–Crippen MR) is 149 cm³/mol. The second-order valence-electron chi connectivity index (χ2n) is 9.52. The van der Waals surface area contributed by atoms with Crippen LogP contribution in [0, 0.1) is 12.8 Å². The van der Waals surface area contributed by atoms with Gasteiger partial charge in [0.15, 0.2) is 22.5 Å². The summed E-state index contributed by atoms with van der Waals surface area (Å²) in [5.74, 6) is -0.992.